The van der Waals surface area contributed by atoms with E-state index < -0.39 is 5.97 Å². The summed E-state index contributed by atoms with van der Waals surface area (Å²) in [6, 6.07) is 5.13. The molecule has 0 saturated heterocycles. The first-order valence-corrected chi connectivity index (χ1v) is 8.34. The summed E-state index contributed by atoms with van der Waals surface area (Å²) in [5.41, 5.74) is 3.04. The van der Waals surface area contributed by atoms with Crippen LogP contribution in [0.1, 0.15) is 34.2 Å². The molecule has 2 rings (SSSR count). The molecular weight excluding hydrogens is 365 g/mol. The summed E-state index contributed by atoms with van der Waals surface area (Å²) < 4.78 is 10.1. The fraction of sp³-hybridized carbons (Fsp3) is 0.278. The molecule has 5 nitrogen and oxygen atoms in total. The van der Waals surface area contributed by atoms with E-state index in [0.29, 0.717) is 44.6 Å². The number of pyridine rings is 1. The van der Waals surface area contributed by atoms with E-state index in [0.717, 1.165) is 0 Å². The summed E-state index contributed by atoms with van der Waals surface area (Å²) in [6.45, 7) is 5.71. The monoisotopic (exact) mass is 381 g/mol. The molecule has 0 amide bonds. The lowest BCUT2D eigenvalue weighted by Crippen LogP contribution is -2.14. The van der Waals surface area contributed by atoms with Gasteiger partial charge < -0.3 is 9.47 Å². The minimum absolute atomic E-state index is 0.0484. The standard InChI is InChI=1S/C18H17Cl2NO4/c1-4-25-18(23)15-11(3)21-10(2)13(8-24-9-22)16(15)12-6-5-7-14(19)17(12)20/h5-7,9H,4,8H2,1-3H3. The second-order valence-corrected chi connectivity index (χ2v) is 6.03. The zero-order valence-corrected chi connectivity index (χ0v) is 15.6. The molecule has 7 heteroatoms. The van der Waals surface area contributed by atoms with Gasteiger partial charge in [0.15, 0.2) is 0 Å². The highest BCUT2D eigenvalue weighted by Gasteiger charge is 2.25. The summed E-state index contributed by atoms with van der Waals surface area (Å²) in [5, 5.41) is 0.649. The van der Waals surface area contributed by atoms with Crippen LogP contribution in [0.15, 0.2) is 18.2 Å². The molecular formula is C18H17Cl2NO4. The van der Waals surface area contributed by atoms with Crippen LogP contribution in [0.2, 0.25) is 10.0 Å². The fourth-order valence-electron chi connectivity index (χ4n) is 2.63. The number of hydrogen-bond donors (Lipinski definition) is 0. The van der Waals surface area contributed by atoms with E-state index in [9.17, 15) is 9.59 Å². The molecule has 1 aromatic carbocycles. The van der Waals surface area contributed by atoms with Crippen LogP contribution in [-0.4, -0.2) is 24.0 Å². The molecule has 25 heavy (non-hydrogen) atoms. The largest absolute Gasteiger partial charge is 0.463 e. The molecule has 0 N–H and O–H groups in total. The van der Waals surface area contributed by atoms with Crippen molar-refractivity contribution in [2.24, 2.45) is 0 Å². The maximum absolute atomic E-state index is 12.5. The van der Waals surface area contributed by atoms with Crippen molar-refractivity contribution in [2.75, 3.05) is 6.61 Å². The van der Waals surface area contributed by atoms with Gasteiger partial charge in [0.2, 0.25) is 0 Å². The molecule has 0 unspecified atom stereocenters. The Labute approximate surface area is 155 Å². The Morgan fingerprint density at radius 3 is 2.60 bits per heavy atom. The van der Waals surface area contributed by atoms with Gasteiger partial charge in [0.1, 0.15) is 6.61 Å². The second kappa shape index (κ2) is 8.32. The van der Waals surface area contributed by atoms with Crippen LogP contribution < -0.4 is 0 Å². The van der Waals surface area contributed by atoms with Gasteiger partial charge in [0.05, 0.1) is 27.9 Å². The maximum atomic E-state index is 12.5. The van der Waals surface area contributed by atoms with Gasteiger partial charge in [0, 0.05) is 22.4 Å². The number of carbonyl (C=O) groups is 2. The Morgan fingerprint density at radius 1 is 1.24 bits per heavy atom. The van der Waals surface area contributed by atoms with Crippen molar-refractivity contribution in [1.29, 1.82) is 0 Å². The first-order chi connectivity index (χ1) is 11.9. The van der Waals surface area contributed by atoms with Gasteiger partial charge in [-0.2, -0.15) is 0 Å². The Bertz CT molecular complexity index is 821. The van der Waals surface area contributed by atoms with Gasteiger partial charge in [-0.1, -0.05) is 35.3 Å². The topological polar surface area (TPSA) is 65.5 Å². The van der Waals surface area contributed by atoms with E-state index in [1.165, 1.54) is 0 Å². The average Bonchev–Trinajstić information content (AvgIpc) is 2.56. The number of esters is 1. The van der Waals surface area contributed by atoms with Crippen LogP contribution in [0, 0.1) is 13.8 Å². The van der Waals surface area contributed by atoms with Crippen molar-refractivity contribution in [2.45, 2.75) is 27.4 Å². The Morgan fingerprint density at radius 2 is 1.96 bits per heavy atom. The molecule has 1 aromatic heterocycles. The Hall–Kier alpha value is -2.11. The van der Waals surface area contributed by atoms with Crippen LogP contribution >= 0.6 is 23.2 Å². The number of aryl methyl sites for hydroxylation is 2. The zero-order chi connectivity index (χ0) is 18.6. The molecule has 0 radical (unpaired) electrons. The van der Waals surface area contributed by atoms with Crippen LogP contribution in [0.5, 0.6) is 0 Å². The smallest absolute Gasteiger partial charge is 0.340 e. The van der Waals surface area contributed by atoms with E-state index in [2.05, 4.69) is 4.98 Å². The SMILES string of the molecule is CCOC(=O)c1c(C)nc(C)c(COC=O)c1-c1cccc(Cl)c1Cl. The van der Waals surface area contributed by atoms with Gasteiger partial charge in [-0.05, 0) is 26.8 Å². The summed E-state index contributed by atoms with van der Waals surface area (Å²) in [5.74, 6) is -0.522. The molecule has 0 atom stereocenters. The number of benzene rings is 1. The molecule has 0 bridgehead atoms. The van der Waals surface area contributed by atoms with E-state index in [1.54, 1.807) is 39.0 Å². The molecule has 0 aliphatic carbocycles. The number of rotatable bonds is 6. The summed E-state index contributed by atoms with van der Waals surface area (Å²) in [4.78, 5) is 27.6. The highest BCUT2D eigenvalue weighted by atomic mass is 35.5. The third kappa shape index (κ3) is 3.94. The lowest BCUT2D eigenvalue weighted by atomic mass is 9.92. The molecule has 0 aliphatic rings. The molecule has 2 aromatic rings. The molecule has 0 aliphatic heterocycles. The zero-order valence-electron chi connectivity index (χ0n) is 14.1. The highest BCUT2D eigenvalue weighted by molar-refractivity contribution is 6.43. The van der Waals surface area contributed by atoms with Crippen LogP contribution in [0.3, 0.4) is 0 Å². The van der Waals surface area contributed by atoms with Crippen molar-refractivity contribution >= 4 is 35.6 Å². The van der Waals surface area contributed by atoms with Gasteiger partial charge in [-0.15, -0.1) is 0 Å². The van der Waals surface area contributed by atoms with E-state index in [1.807, 2.05) is 0 Å². The first kappa shape index (κ1) is 19.2. The third-order valence-electron chi connectivity index (χ3n) is 3.68. The van der Waals surface area contributed by atoms with Crippen LogP contribution in [0.25, 0.3) is 11.1 Å². The normalized spacial score (nSPS) is 10.4. The maximum Gasteiger partial charge on any atom is 0.340 e. The molecule has 132 valence electrons. The summed E-state index contributed by atoms with van der Waals surface area (Å²) >= 11 is 12.5. The van der Waals surface area contributed by atoms with Crippen molar-refractivity contribution in [1.82, 2.24) is 4.98 Å². The fourth-order valence-corrected chi connectivity index (χ4v) is 3.02. The van der Waals surface area contributed by atoms with Crippen molar-refractivity contribution in [3.63, 3.8) is 0 Å². The quantitative estimate of drug-likeness (QED) is 0.543. The van der Waals surface area contributed by atoms with Crippen molar-refractivity contribution in [3.8, 4) is 11.1 Å². The number of ether oxygens (including phenoxy) is 2. The van der Waals surface area contributed by atoms with Gasteiger partial charge in [-0.3, -0.25) is 9.78 Å². The average molecular weight is 382 g/mol. The molecule has 0 saturated carbocycles. The summed E-state index contributed by atoms with van der Waals surface area (Å²) in [6.07, 6.45) is 0. The Balaban J connectivity index is 2.85. The van der Waals surface area contributed by atoms with Crippen LogP contribution in [-0.2, 0) is 20.9 Å². The number of halogens is 2. The first-order valence-electron chi connectivity index (χ1n) is 7.59. The van der Waals surface area contributed by atoms with Crippen molar-refractivity contribution < 1.29 is 19.1 Å². The predicted octanol–water partition coefficient (Wildman–Crippen LogP) is 4.52. The third-order valence-corrected chi connectivity index (χ3v) is 4.50. The van der Waals surface area contributed by atoms with E-state index in [4.69, 9.17) is 32.7 Å². The van der Waals surface area contributed by atoms with Gasteiger partial charge in [-0.25, -0.2) is 4.79 Å². The number of hydrogen-bond acceptors (Lipinski definition) is 5. The van der Waals surface area contributed by atoms with E-state index in [-0.39, 0.29) is 18.8 Å². The minimum atomic E-state index is -0.522. The minimum Gasteiger partial charge on any atom is -0.463 e. The lowest BCUT2D eigenvalue weighted by molar-refractivity contribution is -0.129. The predicted molar refractivity (Wildman–Crippen MR) is 96.0 cm³/mol. The molecule has 0 spiro atoms. The Kier molecular flexibility index (Phi) is 6.39. The van der Waals surface area contributed by atoms with Gasteiger partial charge in [0.25, 0.3) is 6.47 Å². The van der Waals surface area contributed by atoms with Crippen molar-refractivity contribution in [3.05, 3.63) is 50.8 Å². The van der Waals surface area contributed by atoms with Crippen LogP contribution in [0.4, 0.5) is 0 Å². The van der Waals surface area contributed by atoms with Gasteiger partial charge >= 0.3 is 5.97 Å². The highest BCUT2D eigenvalue weighted by Crippen LogP contribution is 2.39. The molecule has 1 heterocycles. The molecule has 0 fully saturated rings. The number of aromatic nitrogens is 1. The number of carbonyl (C=O) groups excluding carboxylic acids is 2. The second-order valence-electron chi connectivity index (χ2n) is 5.24. The van der Waals surface area contributed by atoms with E-state index >= 15 is 0 Å². The lowest BCUT2D eigenvalue weighted by Gasteiger charge is -2.19. The number of nitrogens with zero attached hydrogens (tertiary/aromatic N) is 1. The summed E-state index contributed by atoms with van der Waals surface area (Å²) in [7, 11) is 0.